The molecule has 1 saturated heterocycles. The topological polar surface area (TPSA) is 41.4 Å². The molecule has 0 bridgehead atoms. The predicted molar refractivity (Wildman–Crippen MR) is 94.5 cm³/mol. The van der Waals surface area contributed by atoms with Gasteiger partial charge in [-0.15, -0.1) is 0 Å². The monoisotopic (exact) mass is 338 g/mol. The Morgan fingerprint density at radius 3 is 2.52 bits per heavy atom. The zero-order chi connectivity index (χ0) is 17.0. The molecule has 1 aromatic rings. The van der Waals surface area contributed by atoms with Crippen molar-refractivity contribution < 1.29 is 4.79 Å². The third kappa shape index (κ3) is 4.58. The molecule has 1 aliphatic heterocycles. The van der Waals surface area contributed by atoms with E-state index >= 15 is 0 Å². The molecule has 0 aromatic carbocycles. The highest BCUT2D eigenvalue weighted by Gasteiger charge is 2.19. The number of likely N-dealkylation sites (N-methyl/N-ethyl adjacent to an activating group) is 1. The van der Waals surface area contributed by atoms with Crippen LogP contribution in [-0.2, 0) is 11.3 Å². The minimum Gasteiger partial charge on any atom is -0.337 e. The molecule has 0 aliphatic carbocycles. The van der Waals surface area contributed by atoms with E-state index < -0.39 is 0 Å². The van der Waals surface area contributed by atoms with Crippen LogP contribution in [0.15, 0.2) is 6.08 Å². The summed E-state index contributed by atoms with van der Waals surface area (Å²) in [5.41, 5.74) is 1.70. The Labute approximate surface area is 143 Å². The summed E-state index contributed by atoms with van der Waals surface area (Å²) in [7, 11) is 0. The van der Waals surface area contributed by atoms with Crippen LogP contribution in [-0.4, -0.2) is 58.2 Å². The Morgan fingerprint density at radius 1 is 1.30 bits per heavy atom. The van der Waals surface area contributed by atoms with E-state index in [2.05, 4.69) is 30.8 Å². The fourth-order valence-corrected chi connectivity index (χ4v) is 3.07. The van der Waals surface area contributed by atoms with Crippen LogP contribution in [0.25, 0.3) is 6.08 Å². The third-order valence-corrected chi connectivity index (χ3v) is 4.57. The third-order valence-electron chi connectivity index (χ3n) is 4.17. The number of hydrogen-bond donors (Lipinski definition) is 0. The van der Waals surface area contributed by atoms with E-state index in [-0.39, 0.29) is 5.91 Å². The van der Waals surface area contributed by atoms with Gasteiger partial charge in [0.25, 0.3) is 0 Å². The standard InChI is InChI=1S/C17H27ClN4O/c1-5-20-8-10-21(11-9-20)16(23)7-6-15-14(4)19-22(17(15)18)12-13(2)3/h6-7,13H,5,8-12H2,1-4H3/b7-6+. The summed E-state index contributed by atoms with van der Waals surface area (Å²) in [6, 6.07) is 0. The Morgan fingerprint density at radius 2 is 1.96 bits per heavy atom. The van der Waals surface area contributed by atoms with Crippen molar-refractivity contribution in [3.05, 3.63) is 22.5 Å². The van der Waals surface area contributed by atoms with Gasteiger partial charge in [0.15, 0.2) is 0 Å². The number of amides is 1. The lowest BCUT2D eigenvalue weighted by molar-refractivity contribution is -0.127. The van der Waals surface area contributed by atoms with Gasteiger partial charge in [-0.3, -0.25) is 9.48 Å². The van der Waals surface area contributed by atoms with Crippen LogP contribution >= 0.6 is 11.6 Å². The molecule has 128 valence electrons. The maximum Gasteiger partial charge on any atom is 0.246 e. The zero-order valence-electron chi connectivity index (χ0n) is 14.5. The number of hydrogen-bond acceptors (Lipinski definition) is 3. The van der Waals surface area contributed by atoms with Crippen molar-refractivity contribution in [2.24, 2.45) is 5.92 Å². The molecule has 1 fully saturated rings. The number of aryl methyl sites for hydroxylation is 1. The van der Waals surface area contributed by atoms with E-state index in [4.69, 9.17) is 11.6 Å². The molecule has 1 aliphatic rings. The number of nitrogens with zero attached hydrogens (tertiary/aromatic N) is 4. The van der Waals surface area contributed by atoms with Crippen LogP contribution in [0.3, 0.4) is 0 Å². The highest BCUT2D eigenvalue weighted by Crippen LogP contribution is 2.22. The molecular formula is C17H27ClN4O. The van der Waals surface area contributed by atoms with Crippen molar-refractivity contribution in [3.63, 3.8) is 0 Å². The van der Waals surface area contributed by atoms with Crippen LogP contribution in [0.4, 0.5) is 0 Å². The van der Waals surface area contributed by atoms with Gasteiger partial charge in [-0.05, 0) is 25.5 Å². The van der Waals surface area contributed by atoms with E-state index in [0.717, 1.165) is 50.5 Å². The van der Waals surface area contributed by atoms with E-state index in [0.29, 0.717) is 11.1 Å². The molecule has 0 atom stereocenters. The molecule has 0 unspecified atom stereocenters. The first-order chi connectivity index (χ1) is 10.9. The number of rotatable bonds is 5. The predicted octanol–water partition coefficient (Wildman–Crippen LogP) is 2.68. The van der Waals surface area contributed by atoms with E-state index in [1.54, 1.807) is 12.2 Å². The van der Waals surface area contributed by atoms with Gasteiger partial charge in [-0.1, -0.05) is 32.4 Å². The van der Waals surface area contributed by atoms with Crippen molar-refractivity contribution in [2.75, 3.05) is 32.7 Å². The van der Waals surface area contributed by atoms with Gasteiger partial charge in [-0.2, -0.15) is 5.10 Å². The summed E-state index contributed by atoms with van der Waals surface area (Å²) < 4.78 is 1.81. The SMILES string of the molecule is CCN1CCN(C(=O)/C=C/c2c(C)nn(CC(C)C)c2Cl)CC1. The molecule has 0 spiro atoms. The van der Waals surface area contributed by atoms with E-state index in [1.165, 1.54) is 0 Å². The zero-order valence-corrected chi connectivity index (χ0v) is 15.3. The second kappa shape index (κ2) is 7.97. The lowest BCUT2D eigenvalue weighted by Gasteiger charge is -2.33. The maximum absolute atomic E-state index is 12.3. The second-order valence-electron chi connectivity index (χ2n) is 6.46. The number of aromatic nitrogens is 2. The summed E-state index contributed by atoms with van der Waals surface area (Å²) in [5.74, 6) is 0.521. The Kier molecular flexibility index (Phi) is 6.25. The van der Waals surface area contributed by atoms with Gasteiger partial charge in [0.2, 0.25) is 5.91 Å². The van der Waals surface area contributed by atoms with Gasteiger partial charge in [0.1, 0.15) is 5.15 Å². The van der Waals surface area contributed by atoms with E-state index in [1.807, 2.05) is 16.5 Å². The minimum atomic E-state index is 0.0489. The first kappa shape index (κ1) is 18.0. The first-order valence-electron chi connectivity index (χ1n) is 8.34. The summed E-state index contributed by atoms with van der Waals surface area (Å²) >= 11 is 6.40. The summed E-state index contributed by atoms with van der Waals surface area (Å²) in [5, 5.41) is 5.07. The molecule has 23 heavy (non-hydrogen) atoms. The second-order valence-corrected chi connectivity index (χ2v) is 6.82. The molecular weight excluding hydrogens is 312 g/mol. The quantitative estimate of drug-likeness (QED) is 0.775. The molecule has 2 rings (SSSR count). The molecule has 1 aromatic heterocycles. The van der Waals surface area contributed by atoms with Crippen LogP contribution in [0.2, 0.25) is 5.15 Å². The fourth-order valence-electron chi connectivity index (χ4n) is 2.77. The first-order valence-corrected chi connectivity index (χ1v) is 8.72. The average molecular weight is 339 g/mol. The Hall–Kier alpha value is -1.33. The van der Waals surface area contributed by atoms with Crippen molar-refractivity contribution in [1.29, 1.82) is 0 Å². The van der Waals surface area contributed by atoms with Crippen LogP contribution in [0.5, 0.6) is 0 Å². The molecule has 6 heteroatoms. The maximum atomic E-state index is 12.3. The van der Waals surface area contributed by atoms with Gasteiger partial charge >= 0.3 is 0 Å². The highest BCUT2D eigenvalue weighted by molar-refractivity contribution is 6.31. The minimum absolute atomic E-state index is 0.0489. The fraction of sp³-hybridized carbons (Fsp3) is 0.647. The number of halogens is 1. The largest absolute Gasteiger partial charge is 0.337 e. The van der Waals surface area contributed by atoms with Crippen LogP contribution in [0.1, 0.15) is 32.0 Å². The van der Waals surface area contributed by atoms with Crippen LogP contribution in [0, 0.1) is 12.8 Å². The average Bonchev–Trinajstić information content (AvgIpc) is 2.78. The summed E-state index contributed by atoms with van der Waals surface area (Å²) in [6.45, 7) is 13.6. The normalized spacial score (nSPS) is 16.7. The van der Waals surface area contributed by atoms with Crippen molar-refractivity contribution in [1.82, 2.24) is 19.6 Å². The van der Waals surface area contributed by atoms with Gasteiger partial charge in [-0.25, -0.2) is 0 Å². The summed E-state index contributed by atoms with van der Waals surface area (Å²) in [6.07, 6.45) is 3.42. The van der Waals surface area contributed by atoms with E-state index in [9.17, 15) is 4.79 Å². The van der Waals surface area contributed by atoms with Crippen molar-refractivity contribution in [3.8, 4) is 0 Å². The molecule has 2 heterocycles. The molecule has 5 nitrogen and oxygen atoms in total. The Balaban J connectivity index is 2.02. The molecule has 0 saturated carbocycles. The van der Waals surface area contributed by atoms with Crippen LogP contribution < -0.4 is 0 Å². The molecule has 1 amide bonds. The number of piperazine rings is 1. The number of carbonyl (C=O) groups excluding carboxylic acids is 1. The van der Waals surface area contributed by atoms with Crippen molar-refractivity contribution >= 4 is 23.6 Å². The molecule has 0 N–H and O–H groups in total. The summed E-state index contributed by atoms with van der Waals surface area (Å²) in [4.78, 5) is 16.6. The van der Waals surface area contributed by atoms with Gasteiger partial charge in [0.05, 0.1) is 5.69 Å². The smallest absolute Gasteiger partial charge is 0.246 e. The molecule has 0 radical (unpaired) electrons. The number of carbonyl (C=O) groups is 1. The highest BCUT2D eigenvalue weighted by atomic mass is 35.5. The Bertz CT molecular complexity index is 571. The van der Waals surface area contributed by atoms with Gasteiger partial charge in [0, 0.05) is 44.4 Å². The van der Waals surface area contributed by atoms with Gasteiger partial charge < -0.3 is 9.80 Å². The lowest BCUT2D eigenvalue weighted by atomic mass is 10.2. The lowest BCUT2D eigenvalue weighted by Crippen LogP contribution is -2.48. The van der Waals surface area contributed by atoms with Crippen molar-refractivity contribution in [2.45, 2.75) is 34.2 Å².